The lowest BCUT2D eigenvalue weighted by atomic mass is 9.61. The lowest BCUT2D eigenvalue weighted by Crippen LogP contribution is -2.62. The zero-order chi connectivity index (χ0) is 18.9. The van der Waals surface area contributed by atoms with E-state index >= 15 is 0 Å². The molecule has 2 fully saturated rings. The Labute approximate surface area is 146 Å². The molecule has 8 nitrogen and oxygen atoms in total. The van der Waals surface area contributed by atoms with E-state index in [1.54, 1.807) is 6.92 Å². The quantitative estimate of drug-likeness (QED) is 0.548. The van der Waals surface area contributed by atoms with Gasteiger partial charge in [-0.25, -0.2) is 0 Å². The number of esters is 4. The van der Waals surface area contributed by atoms with Gasteiger partial charge in [0.25, 0.3) is 0 Å². The van der Waals surface area contributed by atoms with Crippen LogP contribution in [0, 0.1) is 11.3 Å². The van der Waals surface area contributed by atoms with Gasteiger partial charge in [0.05, 0.1) is 0 Å². The Balaban J connectivity index is 2.55. The fourth-order valence-electron chi connectivity index (χ4n) is 4.05. The Bertz CT molecular complexity index is 585. The highest BCUT2D eigenvalue weighted by Crippen LogP contribution is 2.53. The minimum atomic E-state index is -1.41. The van der Waals surface area contributed by atoms with Crippen molar-refractivity contribution < 1.29 is 38.1 Å². The van der Waals surface area contributed by atoms with E-state index in [0.717, 1.165) is 0 Å². The van der Waals surface area contributed by atoms with Crippen molar-refractivity contribution in [2.24, 2.45) is 11.3 Å². The average Bonchev–Trinajstić information content (AvgIpc) is 2.70. The predicted octanol–water partition coefficient (Wildman–Crippen LogP) is 1.14. The van der Waals surface area contributed by atoms with Gasteiger partial charge in [-0.1, -0.05) is 6.92 Å². The molecule has 0 amide bonds. The molecule has 0 bridgehead atoms. The van der Waals surface area contributed by atoms with E-state index in [9.17, 15) is 19.2 Å². The van der Waals surface area contributed by atoms with Crippen molar-refractivity contribution in [3.63, 3.8) is 0 Å². The molecule has 2 aliphatic rings. The highest BCUT2D eigenvalue weighted by atomic mass is 16.6. The largest absolute Gasteiger partial charge is 0.459 e. The van der Waals surface area contributed by atoms with Crippen molar-refractivity contribution in [3.05, 3.63) is 0 Å². The van der Waals surface area contributed by atoms with E-state index in [1.165, 1.54) is 20.8 Å². The fourth-order valence-corrected chi connectivity index (χ4v) is 4.05. The van der Waals surface area contributed by atoms with E-state index in [-0.39, 0.29) is 5.92 Å². The minimum absolute atomic E-state index is 0.301. The van der Waals surface area contributed by atoms with Crippen molar-refractivity contribution in [2.45, 2.75) is 71.9 Å². The number of cyclic esters (lactones) is 1. The Morgan fingerprint density at radius 1 is 0.920 bits per heavy atom. The van der Waals surface area contributed by atoms with E-state index in [2.05, 4.69) is 0 Å². The van der Waals surface area contributed by atoms with Crippen LogP contribution in [0.5, 0.6) is 0 Å². The molecular weight excluding hydrogens is 332 g/mol. The summed E-state index contributed by atoms with van der Waals surface area (Å²) in [6, 6.07) is 0. The van der Waals surface area contributed by atoms with Crippen molar-refractivity contribution >= 4 is 23.9 Å². The third-order valence-electron chi connectivity index (χ3n) is 4.95. The lowest BCUT2D eigenvalue weighted by Gasteiger charge is -2.47. The Hall–Kier alpha value is -2.12. The van der Waals surface area contributed by atoms with E-state index < -0.39 is 53.7 Å². The first-order valence-electron chi connectivity index (χ1n) is 8.33. The zero-order valence-corrected chi connectivity index (χ0v) is 15.1. The SMILES string of the molecule is CC(=O)OC1CCC(C)C2(C(=O)OC(C)C2OC(C)=O)C1OC(C)=O. The van der Waals surface area contributed by atoms with Gasteiger partial charge in [-0.3, -0.25) is 19.2 Å². The summed E-state index contributed by atoms with van der Waals surface area (Å²) in [4.78, 5) is 47.6. The summed E-state index contributed by atoms with van der Waals surface area (Å²) < 4.78 is 21.5. The van der Waals surface area contributed by atoms with Gasteiger partial charge in [-0.15, -0.1) is 0 Å². The molecular formula is C17H24O8. The highest BCUT2D eigenvalue weighted by molar-refractivity contribution is 5.83. The van der Waals surface area contributed by atoms with E-state index in [1.807, 2.05) is 6.92 Å². The molecule has 1 saturated carbocycles. The second kappa shape index (κ2) is 7.01. The van der Waals surface area contributed by atoms with Crippen LogP contribution in [0.2, 0.25) is 0 Å². The van der Waals surface area contributed by atoms with E-state index in [4.69, 9.17) is 18.9 Å². The normalized spacial score (nSPS) is 37.3. The molecule has 8 heteroatoms. The van der Waals surface area contributed by atoms with Crippen molar-refractivity contribution in [1.82, 2.24) is 0 Å². The average molecular weight is 356 g/mol. The Kier molecular flexibility index (Phi) is 5.39. The number of hydrogen-bond acceptors (Lipinski definition) is 8. The van der Waals surface area contributed by atoms with E-state index in [0.29, 0.717) is 12.8 Å². The molecule has 1 aliphatic heterocycles. The monoisotopic (exact) mass is 356 g/mol. The van der Waals surface area contributed by atoms with Crippen molar-refractivity contribution in [2.75, 3.05) is 0 Å². The first-order valence-corrected chi connectivity index (χ1v) is 8.33. The zero-order valence-electron chi connectivity index (χ0n) is 15.1. The van der Waals surface area contributed by atoms with Crippen LogP contribution in [-0.2, 0) is 38.1 Å². The Morgan fingerprint density at radius 2 is 1.44 bits per heavy atom. The van der Waals surface area contributed by atoms with Gasteiger partial charge < -0.3 is 18.9 Å². The molecule has 1 saturated heterocycles. The first kappa shape index (κ1) is 19.2. The summed E-state index contributed by atoms with van der Waals surface area (Å²) in [7, 11) is 0. The molecule has 6 unspecified atom stereocenters. The second-order valence-electron chi connectivity index (χ2n) is 6.73. The summed E-state index contributed by atoms with van der Waals surface area (Å²) in [5.74, 6) is -2.65. The van der Waals surface area contributed by atoms with Crippen LogP contribution < -0.4 is 0 Å². The van der Waals surface area contributed by atoms with Gasteiger partial charge in [0.15, 0.2) is 17.6 Å². The first-order chi connectivity index (χ1) is 11.6. The Morgan fingerprint density at radius 3 is 1.96 bits per heavy atom. The standard InChI is InChI=1S/C17H24O8/c1-8-6-7-13(23-10(3)18)15(25-12(5)20)17(8)14(24-11(4)19)9(2)22-16(17)21/h8-9,13-15H,6-7H2,1-5H3. The van der Waals surface area contributed by atoms with Gasteiger partial charge >= 0.3 is 23.9 Å². The van der Waals surface area contributed by atoms with Crippen molar-refractivity contribution in [1.29, 1.82) is 0 Å². The second-order valence-corrected chi connectivity index (χ2v) is 6.73. The molecule has 0 aromatic rings. The molecule has 1 spiro atoms. The van der Waals surface area contributed by atoms with Crippen LogP contribution in [0.15, 0.2) is 0 Å². The molecule has 1 aliphatic carbocycles. The number of hydrogen-bond donors (Lipinski definition) is 0. The van der Waals surface area contributed by atoms with Crippen LogP contribution in [-0.4, -0.2) is 48.3 Å². The third-order valence-corrected chi connectivity index (χ3v) is 4.95. The maximum absolute atomic E-state index is 12.8. The third kappa shape index (κ3) is 3.34. The van der Waals surface area contributed by atoms with Gasteiger partial charge in [-0.2, -0.15) is 0 Å². The number of rotatable bonds is 3. The summed E-state index contributed by atoms with van der Waals surface area (Å²) in [6.45, 7) is 7.13. The molecule has 140 valence electrons. The number of carbonyl (C=O) groups excluding carboxylic acids is 4. The smallest absolute Gasteiger partial charge is 0.320 e. The van der Waals surface area contributed by atoms with Crippen molar-refractivity contribution in [3.8, 4) is 0 Å². The summed E-state index contributed by atoms with van der Waals surface area (Å²) in [6.07, 6.45) is -2.58. The molecule has 0 aromatic carbocycles. The topological polar surface area (TPSA) is 105 Å². The fraction of sp³-hybridized carbons (Fsp3) is 0.765. The van der Waals surface area contributed by atoms with Gasteiger partial charge in [0.2, 0.25) is 0 Å². The summed E-state index contributed by atoms with van der Waals surface area (Å²) >= 11 is 0. The molecule has 0 N–H and O–H groups in total. The van der Waals surface area contributed by atoms with Crippen LogP contribution >= 0.6 is 0 Å². The van der Waals surface area contributed by atoms with Crippen LogP contribution in [0.4, 0.5) is 0 Å². The molecule has 1 heterocycles. The van der Waals surface area contributed by atoms with Crippen LogP contribution in [0.3, 0.4) is 0 Å². The maximum atomic E-state index is 12.8. The summed E-state index contributed by atoms with van der Waals surface area (Å²) in [5.41, 5.74) is -1.41. The van der Waals surface area contributed by atoms with Gasteiger partial charge in [0, 0.05) is 20.8 Å². The minimum Gasteiger partial charge on any atom is -0.459 e. The number of carbonyl (C=O) groups is 4. The molecule has 0 radical (unpaired) electrons. The maximum Gasteiger partial charge on any atom is 0.320 e. The molecule has 6 atom stereocenters. The van der Waals surface area contributed by atoms with Crippen LogP contribution in [0.25, 0.3) is 0 Å². The molecule has 2 rings (SSSR count). The predicted molar refractivity (Wildman–Crippen MR) is 83.0 cm³/mol. The molecule has 25 heavy (non-hydrogen) atoms. The van der Waals surface area contributed by atoms with Crippen LogP contribution in [0.1, 0.15) is 47.5 Å². The lowest BCUT2D eigenvalue weighted by molar-refractivity contribution is -0.209. The highest BCUT2D eigenvalue weighted by Gasteiger charge is 2.70. The number of ether oxygens (including phenoxy) is 4. The molecule has 0 aromatic heterocycles. The van der Waals surface area contributed by atoms with Gasteiger partial charge in [0.1, 0.15) is 12.2 Å². The summed E-state index contributed by atoms with van der Waals surface area (Å²) in [5, 5.41) is 0. The van der Waals surface area contributed by atoms with Gasteiger partial charge in [-0.05, 0) is 25.7 Å².